The summed E-state index contributed by atoms with van der Waals surface area (Å²) in [6, 6.07) is 0. The van der Waals surface area contributed by atoms with Gasteiger partial charge in [0.05, 0.1) is 22.9 Å². The van der Waals surface area contributed by atoms with E-state index in [1.807, 2.05) is 6.92 Å². The van der Waals surface area contributed by atoms with Gasteiger partial charge in [-0.3, -0.25) is 0 Å². The molecule has 104 valence electrons. The van der Waals surface area contributed by atoms with Crippen LogP contribution in [0.2, 0.25) is 0 Å². The maximum Gasteiger partial charge on any atom is 0.183 e. The zero-order valence-electron chi connectivity index (χ0n) is 11.5. The van der Waals surface area contributed by atoms with E-state index >= 15 is 0 Å². The molecule has 19 heavy (non-hydrogen) atoms. The smallest absolute Gasteiger partial charge is 0.183 e. The summed E-state index contributed by atoms with van der Waals surface area (Å²) in [7, 11) is 1.69. The SMILES string of the molecule is CCCCNc1nc(-c2sc(COC)nc2C)cs1. The molecule has 0 bridgehead atoms. The molecule has 0 aromatic carbocycles. The molecule has 0 spiro atoms. The van der Waals surface area contributed by atoms with Gasteiger partial charge in [-0.15, -0.1) is 22.7 Å². The van der Waals surface area contributed by atoms with Crippen molar-refractivity contribution < 1.29 is 4.74 Å². The maximum atomic E-state index is 5.12. The molecule has 0 aliphatic rings. The fraction of sp³-hybridized carbons (Fsp3) is 0.538. The van der Waals surface area contributed by atoms with Gasteiger partial charge < -0.3 is 10.1 Å². The van der Waals surface area contributed by atoms with Crippen LogP contribution < -0.4 is 5.32 Å². The van der Waals surface area contributed by atoms with Crippen LogP contribution in [0.3, 0.4) is 0 Å². The number of hydrogen-bond donors (Lipinski definition) is 1. The van der Waals surface area contributed by atoms with Crippen LogP contribution in [0.15, 0.2) is 5.38 Å². The average Bonchev–Trinajstić information content (AvgIpc) is 2.97. The number of ether oxygens (including phenoxy) is 1. The Bertz CT molecular complexity index is 522. The Hall–Kier alpha value is -0.980. The molecule has 0 radical (unpaired) electrons. The van der Waals surface area contributed by atoms with E-state index in [0.717, 1.165) is 32.9 Å². The van der Waals surface area contributed by atoms with Crippen LogP contribution in [0, 0.1) is 6.92 Å². The van der Waals surface area contributed by atoms with E-state index in [1.54, 1.807) is 29.8 Å². The molecule has 0 aliphatic carbocycles. The molecule has 1 N–H and O–H groups in total. The number of nitrogens with zero attached hydrogens (tertiary/aromatic N) is 2. The minimum atomic E-state index is 0.567. The molecule has 0 amide bonds. The molecule has 4 nitrogen and oxygen atoms in total. The first-order valence-corrected chi connectivity index (χ1v) is 8.09. The molecule has 2 heterocycles. The largest absolute Gasteiger partial charge is 0.378 e. The second kappa shape index (κ2) is 6.98. The third-order valence-electron chi connectivity index (χ3n) is 2.65. The molecular weight excluding hydrogens is 278 g/mol. The van der Waals surface area contributed by atoms with Crippen LogP contribution in [0.1, 0.15) is 30.5 Å². The first kappa shape index (κ1) is 14.4. The molecule has 0 fully saturated rings. The summed E-state index contributed by atoms with van der Waals surface area (Å²) < 4.78 is 5.12. The minimum Gasteiger partial charge on any atom is -0.378 e. The maximum absolute atomic E-state index is 5.12. The van der Waals surface area contributed by atoms with Crippen molar-refractivity contribution in [2.24, 2.45) is 0 Å². The second-order valence-corrected chi connectivity index (χ2v) is 6.22. The first-order valence-electron chi connectivity index (χ1n) is 6.39. The van der Waals surface area contributed by atoms with Crippen molar-refractivity contribution in [2.45, 2.75) is 33.3 Å². The third-order valence-corrected chi connectivity index (χ3v) is 4.61. The van der Waals surface area contributed by atoms with E-state index in [-0.39, 0.29) is 0 Å². The molecule has 0 saturated heterocycles. The first-order chi connectivity index (χ1) is 9.24. The van der Waals surface area contributed by atoms with Crippen LogP contribution in [-0.4, -0.2) is 23.6 Å². The third kappa shape index (κ3) is 3.75. The Kier molecular flexibility index (Phi) is 5.30. The minimum absolute atomic E-state index is 0.567. The summed E-state index contributed by atoms with van der Waals surface area (Å²) in [5, 5.41) is 7.44. The highest BCUT2D eigenvalue weighted by molar-refractivity contribution is 7.16. The molecule has 0 atom stereocenters. The van der Waals surface area contributed by atoms with E-state index < -0.39 is 0 Å². The molecule has 0 unspecified atom stereocenters. The zero-order chi connectivity index (χ0) is 13.7. The van der Waals surface area contributed by atoms with E-state index in [2.05, 4.69) is 27.6 Å². The van der Waals surface area contributed by atoms with Crippen LogP contribution in [0.5, 0.6) is 0 Å². The molecule has 2 rings (SSSR count). The van der Waals surface area contributed by atoms with Crippen LogP contribution >= 0.6 is 22.7 Å². The average molecular weight is 297 g/mol. The molecule has 2 aromatic heterocycles. The molecule has 6 heteroatoms. The van der Waals surface area contributed by atoms with E-state index in [4.69, 9.17) is 4.74 Å². The summed E-state index contributed by atoms with van der Waals surface area (Å²) in [5.41, 5.74) is 2.05. The summed E-state index contributed by atoms with van der Waals surface area (Å²) >= 11 is 3.31. The van der Waals surface area contributed by atoms with Crippen LogP contribution in [0.4, 0.5) is 5.13 Å². The van der Waals surface area contributed by atoms with Crippen molar-refractivity contribution in [1.29, 1.82) is 0 Å². The van der Waals surface area contributed by atoms with Gasteiger partial charge in [-0.25, -0.2) is 9.97 Å². The number of thiazole rings is 2. The van der Waals surface area contributed by atoms with Crippen LogP contribution in [-0.2, 0) is 11.3 Å². The second-order valence-electron chi connectivity index (χ2n) is 4.27. The van der Waals surface area contributed by atoms with Gasteiger partial charge in [0.1, 0.15) is 5.01 Å². The van der Waals surface area contributed by atoms with E-state index in [9.17, 15) is 0 Å². The Morgan fingerprint density at radius 3 is 2.95 bits per heavy atom. The van der Waals surface area contributed by atoms with Gasteiger partial charge in [0, 0.05) is 19.0 Å². The van der Waals surface area contributed by atoms with Crippen molar-refractivity contribution >= 4 is 27.8 Å². The lowest BCUT2D eigenvalue weighted by Gasteiger charge is -1.99. The molecular formula is C13H19N3OS2. The summed E-state index contributed by atoms with van der Waals surface area (Å²) in [6.07, 6.45) is 2.37. The monoisotopic (exact) mass is 297 g/mol. The molecule has 2 aromatic rings. The van der Waals surface area contributed by atoms with Gasteiger partial charge in [0.25, 0.3) is 0 Å². The van der Waals surface area contributed by atoms with Gasteiger partial charge in [0.15, 0.2) is 5.13 Å². The Labute approximate surface area is 121 Å². The van der Waals surface area contributed by atoms with Gasteiger partial charge in [-0.05, 0) is 13.3 Å². The Balaban J connectivity index is 2.09. The van der Waals surface area contributed by atoms with Crippen molar-refractivity contribution in [1.82, 2.24) is 9.97 Å². The fourth-order valence-corrected chi connectivity index (χ4v) is 3.51. The molecule has 0 aliphatic heterocycles. The standard InChI is InChI=1S/C13H19N3OS2/c1-4-5-6-14-13-16-10(8-18-13)12-9(2)15-11(19-12)7-17-3/h8H,4-7H2,1-3H3,(H,14,16). The molecule has 0 saturated carbocycles. The normalized spacial score (nSPS) is 10.9. The number of rotatable bonds is 7. The van der Waals surface area contributed by atoms with E-state index in [0.29, 0.717) is 6.61 Å². The number of unbranched alkanes of at least 4 members (excludes halogenated alkanes) is 1. The van der Waals surface area contributed by atoms with Gasteiger partial charge in [0.2, 0.25) is 0 Å². The highest BCUT2D eigenvalue weighted by Crippen LogP contribution is 2.32. The summed E-state index contributed by atoms with van der Waals surface area (Å²) in [6.45, 7) is 5.76. The van der Waals surface area contributed by atoms with Crippen molar-refractivity contribution in [3.8, 4) is 10.6 Å². The quantitative estimate of drug-likeness (QED) is 0.787. The van der Waals surface area contributed by atoms with Crippen molar-refractivity contribution in [2.75, 3.05) is 19.0 Å². The highest BCUT2D eigenvalue weighted by Gasteiger charge is 2.12. The van der Waals surface area contributed by atoms with Gasteiger partial charge in [-0.2, -0.15) is 0 Å². The van der Waals surface area contributed by atoms with Gasteiger partial charge in [-0.1, -0.05) is 13.3 Å². The highest BCUT2D eigenvalue weighted by atomic mass is 32.1. The van der Waals surface area contributed by atoms with Gasteiger partial charge >= 0.3 is 0 Å². The summed E-state index contributed by atoms with van der Waals surface area (Å²) in [5.74, 6) is 0. The zero-order valence-corrected chi connectivity index (χ0v) is 13.2. The number of nitrogens with one attached hydrogen (secondary N) is 1. The fourth-order valence-electron chi connectivity index (χ4n) is 1.71. The number of aryl methyl sites for hydroxylation is 1. The lowest BCUT2D eigenvalue weighted by molar-refractivity contribution is 0.184. The number of aromatic nitrogens is 2. The summed E-state index contributed by atoms with van der Waals surface area (Å²) in [4.78, 5) is 10.3. The van der Waals surface area contributed by atoms with Crippen molar-refractivity contribution in [3.05, 3.63) is 16.1 Å². The number of anilines is 1. The Morgan fingerprint density at radius 2 is 2.21 bits per heavy atom. The Morgan fingerprint density at radius 1 is 1.37 bits per heavy atom. The topological polar surface area (TPSA) is 47.0 Å². The predicted octanol–water partition coefficient (Wildman–Crippen LogP) is 3.93. The predicted molar refractivity (Wildman–Crippen MR) is 82.1 cm³/mol. The number of methoxy groups -OCH3 is 1. The van der Waals surface area contributed by atoms with Crippen molar-refractivity contribution in [3.63, 3.8) is 0 Å². The lowest BCUT2D eigenvalue weighted by atomic mass is 10.3. The van der Waals surface area contributed by atoms with E-state index in [1.165, 1.54) is 12.8 Å². The lowest BCUT2D eigenvalue weighted by Crippen LogP contribution is -1.99. The number of hydrogen-bond acceptors (Lipinski definition) is 6. The van der Waals surface area contributed by atoms with Crippen LogP contribution in [0.25, 0.3) is 10.6 Å².